The summed E-state index contributed by atoms with van der Waals surface area (Å²) in [4.78, 5) is 13.8. The fraction of sp³-hybridized carbons (Fsp3) is 0.545. The maximum absolute atomic E-state index is 13.8. The van der Waals surface area contributed by atoms with Crippen molar-refractivity contribution in [2.75, 3.05) is 6.61 Å². The molecule has 0 aliphatic carbocycles. The summed E-state index contributed by atoms with van der Waals surface area (Å²) in [5, 5.41) is 133. The molecule has 13 N–H and O–H groups in total. The van der Waals surface area contributed by atoms with E-state index in [4.69, 9.17) is 28.1 Å². The van der Waals surface area contributed by atoms with Gasteiger partial charge in [-0.15, -0.1) is 0 Å². The van der Waals surface area contributed by atoms with Crippen molar-refractivity contribution < 1.29 is 94.5 Å². The van der Waals surface area contributed by atoms with Gasteiger partial charge in [0.25, 0.3) is 0 Å². The first-order valence-corrected chi connectivity index (χ1v) is 16.3. The minimum absolute atomic E-state index is 0.0495. The highest BCUT2D eigenvalue weighted by Crippen LogP contribution is 2.38. The summed E-state index contributed by atoms with van der Waals surface area (Å²) in [6.45, 7) is 1.94. The number of hydrogen-bond acceptors (Lipinski definition) is 20. The van der Waals surface area contributed by atoms with Gasteiger partial charge in [-0.2, -0.15) is 0 Å². The predicted molar refractivity (Wildman–Crippen MR) is 173 cm³/mol. The number of aliphatic hydroxyl groups excluding tert-OH is 11. The molecule has 2 fully saturated rings. The lowest BCUT2D eigenvalue weighted by atomic mass is 10.00. The third kappa shape index (κ3) is 8.35. The smallest absolute Gasteiger partial charge is 0.239 e. The highest BCUT2D eigenvalue weighted by Gasteiger charge is 2.45. The van der Waals surface area contributed by atoms with E-state index in [0.717, 1.165) is 12.1 Å². The third-order valence-corrected chi connectivity index (χ3v) is 8.96. The first-order chi connectivity index (χ1) is 24.9. The molecular formula is C33H42O20. The lowest BCUT2D eigenvalue weighted by Crippen LogP contribution is -2.58. The van der Waals surface area contributed by atoms with Crippen LogP contribution in [0.25, 0.3) is 22.3 Å². The van der Waals surface area contributed by atoms with Gasteiger partial charge in [-0.05, 0) is 38.1 Å². The molecule has 2 saturated heterocycles. The summed E-state index contributed by atoms with van der Waals surface area (Å²) in [6.07, 6.45) is -26.3. The largest absolute Gasteiger partial charge is 0.508 e. The van der Waals surface area contributed by atoms with Gasteiger partial charge in [0.05, 0.1) is 18.8 Å². The van der Waals surface area contributed by atoms with Crippen LogP contribution in [0, 0.1) is 0 Å². The number of aliphatic hydroxyl groups is 11. The van der Waals surface area contributed by atoms with Crippen LogP contribution in [0.3, 0.4) is 0 Å². The Morgan fingerprint density at radius 1 is 0.717 bits per heavy atom. The first kappa shape index (κ1) is 40.5. The maximum Gasteiger partial charge on any atom is 0.239 e. The van der Waals surface area contributed by atoms with E-state index in [2.05, 4.69) is 0 Å². The minimum Gasteiger partial charge on any atom is -0.508 e. The Hall–Kier alpha value is -3.71. The van der Waals surface area contributed by atoms with Gasteiger partial charge in [0.2, 0.25) is 23.8 Å². The van der Waals surface area contributed by atoms with E-state index in [1.807, 2.05) is 0 Å². The maximum atomic E-state index is 13.8. The van der Waals surface area contributed by atoms with E-state index < -0.39 is 127 Å². The van der Waals surface area contributed by atoms with Gasteiger partial charge >= 0.3 is 0 Å². The van der Waals surface area contributed by atoms with Crippen molar-refractivity contribution in [1.29, 1.82) is 0 Å². The Labute approximate surface area is 299 Å². The first-order valence-electron chi connectivity index (χ1n) is 16.3. The fourth-order valence-electron chi connectivity index (χ4n) is 5.71. The van der Waals surface area contributed by atoms with Crippen LogP contribution >= 0.6 is 0 Å². The molecule has 2 aliphatic rings. The van der Waals surface area contributed by atoms with Crippen molar-refractivity contribution in [3.05, 3.63) is 46.6 Å². The van der Waals surface area contributed by atoms with Crippen LogP contribution in [0.5, 0.6) is 23.0 Å². The third-order valence-electron chi connectivity index (χ3n) is 8.96. The van der Waals surface area contributed by atoms with Crippen LogP contribution in [0.4, 0.5) is 0 Å². The highest BCUT2D eigenvalue weighted by molar-refractivity contribution is 5.88. The molecule has 53 heavy (non-hydrogen) atoms. The van der Waals surface area contributed by atoms with E-state index in [1.54, 1.807) is 0 Å². The molecule has 3 heterocycles. The van der Waals surface area contributed by atoms with Crippen LogP contribution in [-0.2, 0) is 14.2 Å². The summed E-state index contributed by atoms with van der Waals surface area (Å²) < 4.78 is 32.6. The zero-order valence-corrected chi connectivity index (χ0v) is 28.0. The molecule has 15 unspecified atom stereocenters. The van der Waals surface area contributed by atoms with E-state index >= 15 is 0 Å². The molecule has 20 heteroatoms. The SMILES string of the molecule is CC1OC(OCC(O)C(O)C(O)C(O)C(O)Oc2c(-c3ccc(O)cc3)oc3cc(OC4OC(C)C(O)C(O)C4O)cc(O)c3c2=O)C(O)C(O)C1O. The molecule has 0 amide bonds. The number of phenols is 2. The number of hydrogen-bond donors (Lipinski definition) is 13. The Bertz CT molecular complexity index is 1750. The number of rotatable bonds is 12. The lowest BCUT2D eigenvalue weighted by Gasteiger charge is -2.39. The minimum atomic E-state index is -2.52. The van der Waals surface area contributed by atoms with E-state index in [9.17, 15) is 71.2 Å². The average Bonchev–Trinajstić information content (AvgIpc) is 3.12. The van der Waals surface area contributed by atoms with Crippen LogP contribution in [0.15, 0.2) is 45.6 Å². The molecule has 0 spiro atoms. The van der Waals surface area contributed by atoms with E-state index in [1.165, 1.54) is 38.1 Å². The monoisotopic (exact) mass is 758 g/mol. The van der Waals surface area contributed by atoms with Gasteiger partial charge in [-0.25, -0.2) is 0 Å². The fourth-order valence-corrected chi connectivity index (χ4v) is 5.71. The normalized spacial score (nSPS) is 32.1. The zero-order chi connectivity index (χ0) is 39.0. The Kier molecular flexibility index (Phi) is 12.5. The summed E-state index contributed by atoms with van der Waals surface area (Å²) in [6, 6.07) is 7.00. The summed E-state index contributed by atoms with van der Waals surface area (Å²) >= 11 is 0. The molecule has 0 bridgehead atoms. The lowest BCUT2D eigenvalue weighted by molar-refractivity contribution is -0.299. The molecule has 0 saturated carbocycles. The molecule has 2 aliphatic heterocycles. The standard InChI is InChI=1S/C33H42O20/c1-10-19(37)23(41)27(45)32(49-10)48-9-16(36)21(39)25(43)26(44)31(47)53-30-22(40)18-15(35)7-14(51-33-28(46)24(42)20(38)11(2)50-33)8-17(18)52-29(30)12-3-5-13(34)6-4-12/h3-8,10-11,16,19-21,23-28,31-39,41-47H,9H2,1-2H3. The second kappa shape index (κ2) is 16.3. The summed E-state index contributed by atoms with van der Waals surface area (Å²) in [7, 11) is 0. The van der Waals surface area contributed by atoms with Crippen LogP contribution in [-0.4, -0.2) is 165 Å². The van der Waals surface area contributed by atoms with Gasteiger partial charge in [-0.1, -0.05) is 0 Å². The number of benzene rings is 2. The average molecular weight is 759 g/mol. The van der Waals surface area contributed by atoms with Crippen LogP contribution in [0.1, 0.15) is 13.8 Å². The number of fused-ring (bicyclic) bond motifs is 1. The second-order valence-electron chi connectivity index (χ2n) is 12.8. The summed E-state index contributed by atoms with van der Waals surface area (Å²) in [5.41, 5.74) is -1.44. The topological polar surface area (TPSA) is 339 Å². The molecule has 1 aromatic heterocycles. The van der Waals surface area contributed by atoms with Gasteiger partial charge < -0.3 is 94.5 Å². The highest BCUT2D eigenvalue weighted by atomic mass is 16.7. The van der Waals surface area contributed by atoms with Crippen molar-refractivity contribution in [3.8, 4) is 34.3 Å². The Morgan fingerprint density at radius 3 is 1.89 bits per heavy atom. The van der Waals surface area contributed by atoms with Crippen molar-refractivity contribution in [3.63, 3.8) is 0 Å². The zero-order valence-electron chi connectivity index (χ0n) is 28.0. The molecule has 15 atom stereocenters. The molecule has 294 valence electrons. The molecule has 2 aromatic carbocycles. The van der Waals surface area contributed by atoms with Crippen molar-refractivity contribution in [2.45, 2.75) is 106 Å². The van der Waals surface area contributed by atoms with Gasteiger partial charge in [0.1, 0.15) is 89.3 Å². The molecular weight excluding hydrogens is 716 g/mol. The molecule has 3 aromatic rings. The van der Waals surface area contributed by atoms with Crippen molar-refractivity contribution in [1.82, 2.24) is 0 Å². The molecule has 20 nitrogen and oxygen atoms in total. The molecule has 5 rings (SSSR count). The second-order valence-corrected chi connectivity index (χ2v) is 12.8. The van der Waals surface area contributed by atoms with Gasteiger partial charge in [0.15, 0.2) is 12.1 Å². The predicted octanol–water partition coefficient (Wildman–Crippen LogP) is -3.94. The number of ether oxygens (including phenoxy) is 5. The quantitative estimate of drug-likeness (QED) is 0.0784. The van der Waals surface area contributed by atoms with Gasteiger partial charge in [-0.3, -0.25) is 4.79 Å². The van der Waals surface area contributed by atoms with Crippen molar-refractivity contribution >= 4 is 11.0 Å². The number of aromatic hydroxyl groups is 2. The van der Waals surface area contributed by atoms with Crippen LogP contribution < -0.4 is 14.9 Å². The van der Waals surface area contributed by atoms with E-state index in [-0.39, 0.29) is 22.6 Å². The van der Waals surface area contributed by atoms with Crippen LogP contribution in [0.2, 0.25) is 0 Å². The van der Waals surface area contributed by atoms with Gasteiger partial charge in [0, 0.05) is 17.7 Å². The Balaban J connectivity index is 1.38. The Morgan fingerprint density at radius 2 is 1.28 bits per heavy atom. The number of phenolic OH excluding ortho intramolecular Hbond substituents is 2. The molecule has 0 radical (unpaired) electrons. The summed E-state index contributed by atoms with van der Waals surface area (Å²) in [5.74, 6) is -2.47. The van der Waals surface area contributed by atoms with Crippen molar-refractivity contribution in [2.24, 2.45) is 0 Å². The van der Waals surface area contributed by atoms with E-state index in [0.29, 0.717) is 0 Å².